The monoisotopic (exact) mass is 869 g/mol. The van der Waals surface area contributed by atoms with Crippen molar-refractivity contribution in [2.45, 2.75) is 80.1 Å². The van der Waals surface area contributed by atoms with Crippen molar-refractivity contribution in [1.29, 1.82) is 0 Å². The van der Waals surface area contributed by atoms with E-state index in [1.54, 1.807) is 0 Å². The largest absolute Gasteiger partial charge is 0.315 e. The molecule has 7 aromatic carbocycles. The van der Waals surface area contributed by atoms with E-state index in [9.17, 15) is 0 Å². The standard InChI is InChI=1S/C63H60BN3/c1-9-10-19-47(40-43-28-32-45(33-29-43)62(3,4)5)66-58-41-48(65-55-25-16-12-21-50(55)51-22-13-17-26-56(51)65)36-37-53(58)64-52-23-14-18-27-57(52)67(60-39-42(2)38-59(66)61(60)64)54-24-15-11-20-49(54)44-30-34-46(35-31-44)63(6,7)8/h9-28,30-32,34-39,41H,29,33,40H2,1-8H3/b10-9-,47-19+. The highest BCUT2D eigenvalue weighted by Crippen LogP contribution is 2.47. The van der Waals surface area contributed by atoms with Crippen LogP contribution in [0.4, 0.5) is 28.4 Å². The van der Waals surface area contributed by atoms with Crippen LogP contribution in [0.15, 0.2) is 199 Å². The summed E-state index contributed by atoms with van der Waals surface area (Å²) in [7, 11) is 0. The summed E-state index contributed by atoms with van der Waals surface area (Å²) in [6, 6.07) is 57.3. The molecule has 1 aromatic heterocycles. The van der Waals surface area contributed by atoms with Crippen molar-refractivity contribution in [3.8, 4) is 16.8 Å². The summed E-state index contributed by atoms with van der Waals surface area (Å²) in [5.41, 5.74) is 23.2. The zero-order valence-corrected chi connectivity index (χ0v) is 40.4. The van der Waals surface area contributed by atoms with Gasteiger partial charge in [0.05, 0.1) is 16.7 Å². The number of fused-ring (bicyclic) bond motifs is 7. The molecule has 1 aliphatic carbocycles. The fraction of sp³-hybridized carbons (Fsp3) is 0.206. The van der Waals surface area contributed by atoms with E-state index in [1.807, 2.05) is 0 Å². The summed E-state index contributed by atoms with van der Waals surface area (Å²) in [6.07, 6.45) is 14.6. The van der Waals surface area contributed by atoms with E-state index < -0.39 is 0 Å². The quantitative estimate of drug-likeness (QED) is 0.117. The maximum atomic E-state index is 2.64. The summed E-state index contributed by atoms with van der Waals surface area (Å²) in [5, 5.41) is 2.54. The normalized spacial score (nSPS) is 14.9. The van der Waals surface area contributed by atoms with Crippen LogP contribution in [0.1, 0.15) is 78.9 Å². The second-order valence-electron chi connectivity index (χ2n) is 21.0. The van der Waals surface area contributed by atoms with Crippen LogP contribution in [0.5, 0.6) is 0 Å². The molecule has 8 aromatic rings. The van der Waals surface area contributed by atoms with Gasteiger partial charge in [-0.3, -0.25) is 0 Å². The summed E-state index contributed by atoms with van der Waals surface area (Å²) >= 11 is 0. The predicted molar refractivity (Wildman–Crippen MR) is 290 cm³/mol. The molecule has 330 valence electrons. The van der Waals surface area contributed by atoms with Crippen molar-refractivity contribution in [1.82, 2.24) is 4.57 Å². The minimum atomic E-state index is 0.0175. The molecule has 11 rings (SSSR count). The van der Waals surface area contributed by atoms with Crippen molar-refractivity contribution in [3.05, 3.63) is 210 Å². The summed E-state index contributed by atoms with van der Waals surface area (Å²) < 4.78 is 2.47. The first-order chi connectivity index (χ1) is 32.4. The van der Waals surface area contributed by atoms with Crippen LogP contribution in [-0.4, -0.2) is 11.3 Å². The van der Waals surface area contributed by atoms with E-state index in [-0.39, 0.29) is 17.5 Å². The third kappa shape index (κ3) is 7.29. The van der Waals surface area contributed by atoms with Crippen LogP contribution in [0.3, 0.4) is 0 Å². The Morgan fingerprint density at radius 3 is 1.91 bits per heavy atom. The predicted octanol–water partition coefficient (Wildman–Crippen LogP) is 15.4. The Morgan fingerprint density at radius 1 is 0.597 bits per heavy atom. The smallest absolute Gasteiger partial charge is 0.252 e. The molecule has 0 N–H and O–H groups in total. The molecule has 0 unspecified atom stereocenters. The minimum absolute atomic E-state index is 0.0175. The number of allylic oxidation sites excluding steroid dienone is 7. The molecule has 0 radical (unpaired) electrons. The summed E-state index contributed by atoms with van der Waals surface area (Å²) in [5.74, 6) is 0. The SMILES string of the molecule is C/C=C\C=C(/CC1=CC=C(C(C)(C)C)CC1)N1c2cc(-n3c4ccccc4c4ccccc43)ccc2B2c3ccccc3N(c3ccccc3-c3ccc(C(C)(C)C)cc3)c3cc(C)cc1c32. The second-order valence-corrected chi connectivity index (χ2v) is 21.0. The Kier molecular flexibility index (Phi) is 10.4. The molecule has 0 saturated carbocycles. The molecule has 0 bridgehead atoms. The van der Waals surface area contributed by atoms with Crippen LogP contribution in [-0.2, 0) is 5.41 Å². The number of benzene rings is 7. The number of hydrogen-bond acceptors (Lipinski definition) is 2. The van der Waals surface area contributed by atoms with Gasteiger partial charge in [-0.25, -0.2) is 0 Å². The van der Waals surface area contributed by atoms with Crippen LogP contribution in [0.25, 0.3) is 38.6 Å². The van der Waals surface area contributed by atoms with Crippen molar-refractivity contribution in [2.24, 2.45) is 5.41 Å². The number of rotatable bonds is 7. The van der Waals surface area contributed by atoms with Crippen molar-refractivity contribution >= 4 is 73.3 Å². The van der Waals surface area contributed by atoms with E-state index in [4.69, 9.17) is 0 Å². The molecule has 0 spiro atoms. The van der Waals surface area contributed by atoms with Crippen molar-refractivity contribution < 1.29 is 0 Å². The average Bonchev–Trinajstić information content (AvgIpc) is 3.67. The van der Waals surface area contributed by atoms with Gasteiger partial charge in [-0.1, -0.05) is 180 Å². The number of para-hydroxylation sites is 4. The van der Waals surface area contributed by atoms with Crippen molar-refractivity contribution in [2.75, 3.05) is 9.80 Å². The number of anilines is 5. The van der Waals surface area contributed by atoms with Gasteiger partial charge in [-0.15, -0.1) is 0 Å². The Morgan fingerprint density at radius 2 is 1.24 bits per heavy atom. The number of aryl methyl sites for hydroxylation is 1. The first-order valence-corrected chi connectivity index (χ1v) is 24.3. The highest BCUT2D eigenvalue weighted by atomic mass is 15.2. The lowest BCUT2D eigenvalue weighted by Crippen LogP contribution is -2.61. The van der Waals surface area contributed by atoms with Gasteiger partial charge in [-0.2, -0.15) is 0 Å². The molecular formula is C63H60BN3. The van der Waals surface area contributed by atoms with Gasteiger partial charge in [-0.05, 0) is 125 Å². The maximum Gasteiger partial charge on any atom is 0.252 e. The van der Waals surface area contributed by atoms with Gasteiger partial charge >= 0.3 is 0 Å². The fourth-order valence-electron chi connectivity index (χ4n) is 11.1. The Bertz CT molecular complexity index is 3320. The van der Waals surface area contributed by atoms with Gasteiger partial charge in [0.2, 0.25) is 0 Å². The van der Waals surface area contributed by atoms with Gasteiger partial charge in [0.25, 0.3) is 6.71 Å². The maximum absolute atomic E-state index is 2.64. The molecule has 3 heterocycles. The molecule has 4 heteroatoms. The third-order valence-corrected chi connectivity index (χ3v) is 14.5. The lowest BCUT2D eigenvalue weighted by atomic mass is 9.33. The average molecular weight is 870 g/mol. The van der Waals surface area contributed by atoms with E-state index in [0.717, 1.165) is 24.9 Å². The molecule has 3 nitrogen and oxygen atoms in total. The first kappa shape index (κ1) is 42.6. The lowest BCUT2D eigenvalue weighted by Gasteiger charge is -2.45. The molecular weight excluding hydrogens is 810 g/mol. The van der Waals surface area contributed by atoms with E-state index in [2.05, 4.69) is 252 Å². The van der Waals surface area contributed by atoms with Gasteiger partial charge in [0.1, 0.15) is 0 Å². The molecule has 2 aliphatic heterocycles. The van der Waals surface area contributed by atoms with Crippen LogP contribution in [0, 0.1) is 12.3 Å². The molecule has 67 heavy (non-hydrogen) atoms. The zero-order chi connectivity index (χ0) is 46.2. The van der Waals surface area contributed by atoms with E-state index >= 15 is 0 Å². The Balaban J connectivity index is 1.17. The number of nitrogens with zero attached hydrogens (tertiary/aromatic N) is 3. The summed E-state index contributed by atoms with van der Waals surface area (Å²) in [6.45, 7) is 18.3. The second kappa shape index (κ2) is 16.4. The van der Waals surface area contributed by atoms with Crippen LogP contribution >= 0.6 is 0 Å². The highest BCUT2D eigenvalue weighted by Gasteiger charge is 2.44. The summed E-state index contributed by atoms with van der Waals surface area (Å²) in [4.78, 5) is 5.21. The topological polar surface area (TPSA) is 11.4 Å². The minimum Gasteiger partial charge on any atom is -0.315 e. The molecule has 0 atom stereocenters. The Labute approximate surface area is 398 Å². The number of aromatic nitrogens is 1. The van der Waals surface area contributed by atoms with Crippen molar-refractivity contribution in [3.63, 3.8) is 0 Å². The third-order valence-electron chi connectivity index (χ3n) is 14.5. The van der Waals surface area contributed by atoms with Gasteiger partial charge < -0.3 is 14.4 Å². The Hall–Kier alpha value is -7.04. The van der Waals surface area contributed by atoms with Crippen LogP contribution in [0.2, 0.25) is 0 Å². The zero-order valence-electron chi connectivity index (χ0n) is 40.4. The highest BCUT2D eigenvalue weighted by molar-refractivity contribution is 7.00. The van der Waals surface area contributed by atoms with Gasteiger partial charge in [0, 0.05) is 56.9 Å². The fourth-order valence-corrected chi connectivity index (χ4v) is 11.1. The molecule has 3 aliphatic rings. The van der Waals surface area contributed by atoms with Crippen LogP contribution < -0.4 is 26.2 Å². The molecule has 0 fully saturated rings. The molecule has 0 saturated heterocycles. The number of hydrogen-bond donors (Lipinski definition) is 0. The molecule has 0 amide bonds. The lowest BCUT2D eigenvalue weighted by molar-refractivity contribution is 0.478. The van der Waals surface area contributed by atoms with E-state index in [1.165, 1.54) is 106 Å². The van der Waals surface area contributed by atoms with Gasteiger partial charge in [0.15, 0.2) is 0 Å². The first-order valence-electron chi connectivity index (χ1n) is 24.3. The van der Waals surface area contributed by atoms with E-state index in [0.29, 0.717) is 0 Å².